The van der Waals surface area contributed by atoms with Gasteiger partial charge in [-0.1, -0.05) is 19.0 Å². The molecule has 3 aliphatic rings. The third kappa shape index (κ3) is 7.28. The molecule has 0 aromatic carbocycles. The van der Waals surface area contributed by atoms with Gasteiger partial charge in [0.25, 0.3) is 0 Å². The van der Waals surface area contributed by atoms with Crippen LogP contribution in [0.3, 0.4) is 0 Å². The zero-order valence-corrected chi connectivity index (χ0v) is 18.9. The number of carbonyl (C=O) groups is 1. The molecule has 166 valence electrons. The van der Waals surface area contributed by atoms with Crippen molar-refractivity contribution < 1.29 is 14.1 Å². The summed E-state index contributed by atoms with van der Waals surface area (Å²) in [4.78, 5) is 16.2. The number of rotatable bonds is 7. The fraction of sp³-hybridized carbons (Fsp3) is 0.864. The highest BCUT2D eigenvalue weighted by atomic mass is 16.6. The first kappa shape index (κ1) is 23.6. The van der Waals surface area contributed by atoms with Gasteiger partial charge in [-0.05, 0) is 83.5 Å². The Morgan fingerprint density at radius 3 is 2.48 bits per heavy atom. The summed E-state index contributed by atoms with van der Waals surface area (Å²) in [6.45, 7) is 10.0. The molecule has 1 unspecified atom stereocenters. The standard InChI is InChI=1S/C20H34N4O3.C2H6/c1-19(2,3)26-18(25)22-12-4-5-15(21)17-23-16(24-27-17)13-20-9-6-14(7-10-20)8-11-20;1-2/h14-15H,4-13,21H2,1-3H3,(H,22,25);1-2H3. The summed E-state index contributed by atoms with van der Waals surface area (Å²) in [5.41, 5.74) is 6.09. The van der Waals surface area contributed by atoms with Gasteiger partial charge in [0.05, 0.1) is 6.04 Å². The van der Waals surface area contributed by atoms with Crippen LogP contribution < -0.4 is 11.1 Å². The number of fused-ring (bicyclic) bond motifs is 3. The molecule has 1 heterocycles. The molecular formula is C22H40N4O3. The summed E-state index contributed by atoms with van der Waals surface area (Å²) in [7, 11) is 0. The fourth-order valence-electron chi connectivity index (χ4n) is 4.38. The molecule has 1 amide bonds. The van der Waals surface area contributed by atoms with Gasteiger partial charge in [0.1, 0.15) is 5.60 Å². The quantitative estimate of drug-likeness (QED) is 0.621. The number of nitrogens with one attached hydrogen (secondary N) is 1. The van der Waals surface area contributed by atoms with Gasteiger partial charge in [0.2, 0.25) is 5.89 Å². The van der Waals surface area contributed by atoms with E-state index in [-0.39, 0.29) is 6.04 Å². The number of ether oxygens (including phenoxy) is 1. The zero-order valence-electron chi connectivity index (χ0n) is 18.9. The molecule has 7 heteroatoms. The number of aromatic nitrogens is 2. The van der Waals surface area contributed by atoms with E-state index in [1.54, 1.807) is 0 Å². The molecule has 29 heavy (non-hydrogen) atoms. The molecule has 1 aromatic heterocycles. The Hall–Kier alpha value is -1.63. The first-order chi connectivity index (χ1) is 13.7. The number of amides is 1. The van der Waals surface area contributed by atoms with Gasteiger partial charge in [-0.15, -0.1) is 0 Å². The molecule has 0 spiro atoms. The highest BCUT2D eigenvalue weighted by molar-refractivity contribution is 5.67. The molecule has 0 saturated heterocycles. The highest BCUT2D eigenvalue weighted by Crippen LogP contribution is 2.51. The van der Waals surface area contributed by atoms with Gasteiger partial charge in [-0.25, -0.2) is 4.79 Å². The molecule has 4 rings (SSSR count). The van der Waals surface area contributed by atoms with E-state index in [2.05, 4.69) is 15.5 Å². The normalized spacial score (nSPS) is 24.4. The van der Waals surface area contributed by atoms with Crippen molar-refractivity contribution in [3.05, 3.63) is 11.7 Å². The van der Waals surface area contributed by atoms with E-state index < -0.39 is 11.7 Å². The van der Waals surface area contributed by atoms with Crippen LogP contribution in [0, 0.1) is 11.3 Å². The third-order valence-corrected chi connectivity index (χ3v) is 5.94. The van der Waals surface area contributed by atoms with Gasteiger partial charge < -0.3 is 20.3 Å². The summed E-state index contributed by atoms with van der Waals surface area (Å²) in [5.74, 6) is 2.26. The van der Waals surface area contributed by atoms with Gasteiger partial charge in [0, 0.05) is 13.0 Å². The predicted molar refractivity (Wildman–Crippen MR) is 113 cm³/mol. The van der Waals surface area contributed by atoms with Crippen molar-refractivity contribution in [2.45, 2.75) is 104 Å². The Labute approximate surface area is 175 Å². The molecule has 3 saturated carbocycles. The molecule has 3 N–H and O–H groups in total. The van der Waals surface area contributed by atoms with Crippen molar-refractivity contribution in [2.75, 3.05) is 6.54 Å². The summed E-state index contributed by atoms with van der Waals surface area (Å²) in [6, 6.07) is -0.300. The molecule has 3 fully saturated rings. The van der Waals surface area contributed by atoms with Crippen molar-refractivity contribution in [1.29, 1.82) is 0 Å². The van der Waals surface area contributed by atoms with Crippen LogP contribution >= 0.6 is 0 Å². The van der Waals surface area contributed by atoms with Crippen LogP contribution in [0.25, 0.3) is 0 Å². The summed E-state index contributed by atoms with van der Waals surface area (Å²) < 4.78 is 10.6. The van der Waals surface area contributed by atoms with Gasteiger partial charge in [-0.3, -0.25) is 0 Å². The second kappa shape index (κ2) is 10.4. The van der Waals surface area contributed by atoms with Crippen LogP contribution in [-0.2, 0) is 11.2 Å². The molecule has 0 aliphatic heterocycles. The Bertz CT molecular complexity index is 616. The highest BCUT2D eigenvalue weighted by Gasteiger charge is 2.41. The number of alkyl carbamates (subject to hydrolysis) is 1. The lowest BCUT2D eigenvalue weighted by molar-refractivity contribution is 0.0526. The van der Waals surface area contributed by atoms with Crippen LogP contribution in [-0.4, -0.2) is 28.4 Å². The maximum Gasteiger partial charge on any atom is 0.407 e. The maximum atomic E-state index is 11.6. The van der Waals surface area contributed by atoms with Crippen LogP contribution in [0.2, 0.25) is 0 Å². The van der Waals surface area contributed by atoms with Crippen molar-refractivity contribution in [3.63, 3.8) is 0 Å². The average Bonchev–Trinajstić information content (AvgIpc) is 3.14. The lowest BCUT2D eigenvalue weighted by atomic mass is 9.59. The number of hydrogen-bond acceptors (Lipinski definition) is 6. The van der Waals surface area contributed by atoms with Crippen molar-refractivity contribution in [1.82, 2.24) is 15.5 Å². The van der Waals surface area contributed by atoms with Crippen LogP contribution in [0.1, 0.15) is 104 Å². The SMILES string of the molecule is CC.CC(C)(C)OC(=O)NCCCC(N)c1nc(CC23CCC(CC2)CC3)no1. The Balaban J connectivity index is 0.00000145. The maximum absolute atomic E-state index is 11.6. The Morgan fingerprint density at radius 1 is 1.28 bits per heavy atom. The van der Waals surface area contributed by atoms with Gasteiger partial charge >= 0.3 is 6.09 Å². The molecule has 1 atom stereocenters. The second-order valence-corrected chi connectivity index (χ2v) is 9.39. The number of nitrogens with zero attached hydrogens (tertiary/aromatic N) is 2. The van der Waals surface area contributed by atoms with E-state index in [1.807, 2.05) is 34.6 Å². The van der Waals surface area contributed by atoms with E-state index in [1.165, 1.54) is 38.5 Å². The molecule has 7 nitrogen and oxygen atoms in total. The Morgan fingerprint density at radius 2 is 1.90 bits per heavy atom. The molecule has 3 aliphatic carbocycles. The summed E-state index contributed by atoms with van der Waals surface area (Å²) in [6.07, 6.45) is 9.86. The van der Waals surface area contributed by atoms with E-state index in [0.29, 0.717) is 24.3 Å². The summed E-state index contributed by atoms with van der Waals surface area (Å²) in [5, 5.41) is 6.92. The van der Waals surface area contributed by atoms with E-state index in [4.69, 9.17) is 15.0 Å². The monoisotopic (exact) mass is 408 g/mol. The number of hydrogen-bond donors (Lipinski definition) is 2. The molecule has 2 bridgehead atoms. The summed E-state index contributed by atoms with van der Waals surface area (Å²) >= 11 is 0. The first-order valence-corrected chi connectivity index (χ1v) is 11.3. The first-order valence-electron chi connectivity index (χ1n) is 11.3. The number of carbonyl (C=O) groups excluding carboxylic acids is 1. The van der Waals surface area contributed by atoms with Crippen molar-refractivity contribution in [3.8, 4) is 0 Å². The number of nitrogens with two attached hydrogens (primary N) is 1. The largest absolute Gasteiger partial charge is 0.444 e. The molecule has 1 aromatic rings. The third-order valence-electron chi connectivity index (χ3n) is 5.94. The topological polar surface area (TPSA) is 103 Å². The smallest absolute Gasteiger partial charge is 0.407 e. The minimum atomic E-state index is -0.488. The van der Waals surface area contributed by atoms with Gasteiger partial charge in [0.15, 0.2) is 5.82 Å². The molecular weight excluding hydrogens is 368 g/mol. The van der Waals surface area contributed by atoms with Gasteiger partial charge in [-0.2, -0.15) is 4.98 Å². The zero-order chi connectivity index (χ0) is 21.5. The minimum Gasteiger partial charge on any atom is -0.444 e. The minimum absolute atomic E-state index is 0.300. The average molecular weight is 409 g/mol. The van der Waals surface area contributed by atoms with Crippen molar-refractivity contribution in [2.24, 2.45) is 17.1 Å². The van der Waals surface area contributed by atoms with Crippen molar-refractivity contribution >= 4 is 6.09 Å². The molecule has 0 radical (unpaired) electrons. The van der Waals surface area contributed by atoms with E-state index in [9.17, 15) is 4.79 Å². The van der Waals surface area contributed by atoms with E-state index >= 15 is 0 Å². The van der Waals surface area contributed by atoms with Crippen LogP contribution in [0.4, 0.5) is 4.79 Å². The van der Waals surface area contributed by atoms with Crippen LogP contribution in [0.15, 0.2) is 4.52 Å². The van der Waals surface area contributed by atoms with Crippen LogP contribution in [0.5, 0.6) is 0 Å². The van der Waals surface area contributed by atoms with E-state index in [0.717, 1.165) is 24.6 Å². The lowest BCUT2D eigenvalue weighted by Gasteiger charge is -2.46. The fourth-order valence-corrected chi connectivity index (χ4v) is 4.38. The lowest BCUT2D eigenvalue weighted by Crippen LogP contribution is -2.36. The Kier molecular flexibility index (Phi) is 8.49. The predicted octanol–water partition coefficient (Wildman–Crippen LogP) is 4.91. The second-order valence-electron chi connectivity index (χ2n) is 9.39.